The Morgan fingerprint density at radius 2 is 0.800 bits per heavy atom. The van der Waals surface area contributed by atoms with Crippen molar-refractivity contribution in [2.45, 2.75) is 0 Å². The van der Waals surface area contributed by atoms with Crippen molar-refractivity contribution in [1.82, 2.24) is 0 Å². The summed E-state index contributed by atoms with van der Waals surface area (Å²) in [4.78, 5) is 17.1. The van der Waals surface area contributed by atoms with Gasteiger partial charge >= 0.3 is 29.9 Å². The quantitative estimate of drug-likeness (QED) is 0.352. The van der Waals surface area contributed by atoms with Crippen molar-refractivity contribution in [3.63, 3.8) is 0 Å². The van der Waals surface area contributed by atoms with Crippen LogP contribution in [0.2, 0.25) is 0 Å². The molecule has 0 radical (unpaired) electrons. The number of hydrogen-bond acceptors (Lipinski definition) is 2. The second-order valence-electron chi connectivity index (χ2n) is 0.565. The maximum absolute atomic E-state index is 8.56. The van der Waals surface area contributed by atoms with Crippen molar-refractivity contribution >= 4 is 29.9 Å². The van der Waals surface area contributed by atoms with E-state index in [1.54, 1.807) is 0 Å². The molecule has 0 aliphatic carbocycles. The van der Waals surface area contributed by atoms with E-state index in [1.807, 2.05) is 0 Å². The van der Waals surface area contributed by atoms with Gasteiger partial charge in [0, 0.05) is 0 Å². The zero-order valence-electron chi connectivity index (χ0n) is 4.11. The van der Waals surface area contributed by atoms with Crippen LogP contribution in [-0.4, -0.2) is 55.8 Å². The molecule has 0 amide bonds. The molecule has 64 valence electrons. The molecular weight excluding hydrogens is 209 g/mol. The molecule has 10 heavy (non-hydrogen) atoms. The molecule has 0 rings (SSSR count). The topological polar surface area (TPSA) is 147 Å². The van der Waals surface area contributed by atoms with Crippen molar-refractivity contribution < 1.29 is 35.5 Å². The van der Waals surface area contributed by atoms with Crippen LogP contribution in [0, 0.1) is 0 Å². The van der Waals surface area contributed by atoms with Crippen LogP contribution in [0.1, 0.15) is 0 Å². The molecule has 0 saturated carbocycles. The summed E-state index contributed by atoms with van der Waals surface area (Å²) in [7, 11) is 0. The molecule has 0 unspecified atom stereocenters. The molecule has 7 nitrogen and oxygen atoms in total. The molecule has 0 aliphatic rings. The fourth-order valence-corrected chi connectivity index (χ4v) is 0. The van der Waals surface area contributed by atoms with Gasteiger partial charge in [-0.1, -0.05) is 0 Å². The van der Waals surface area contributed by atoms with Crippen LogP contribution in [0.25, 0.3) is 0 Å². The Morgan fingerprint density at radius 1 is 0.800 bits per heavy atom. The fourth-order valence-electron chi connectivity index (χ4n) is 0. The van der Waals surface area contributed by atoms with Crippen molar-refractivity contribution in [3.8, 4) is 0 Å². The molecule has 0 atom stereocenters. The van der Waals surface area contributed by atoms with E-state index in [1.165, 1.54) is 0 Å². The number of hydrogen-bond donors (Lipinski definition) is 4. The van der Waals surface area contributed by atoms with Crippen molar-refractivity contribution in [1.29, 1.82) is 0 Å². The van der Waals surface area contributed by atoms with E-state index in [9.17, 15) is 0 Å². The first kappa shape index (κ1) is 23.0. The van der Waals surface area contributed by atoms with Crippen LogP contribution in [0.3, 0.4) is 0 Å². The van der Waals surface area contributed by atoms with Gasteiger partial charge in [-0.25, -0.2) is 9.59 Å². The first-order valence-electron chi connectivity index (χ1n) is 1.30. The van der Waals surface area contributed by atoms with Gasteiger partial charge in [0.05, 0.1) is 0 Å². The molecule has 0 bridgehead atoms. The Labute approximate surface area is 66.2 Å². The van der Waals surface area contributed by atoms with Gasteiger partial charge in [0.25, 0.3) is 0 Å². The van der Waals surface area contributed by atoms with E-state index < -0.39 is 12.3 Å². The zero-order chi connectivity index (χ0) is 7.15. The second-order valence-corrected chi connectivity index (χ2v) is 0.565. The molecule has 0 heterocycles. The molecule has 6 N–H and O–H groups in total. The molecule has 0 fully saturated rings. The van der Waals surface area contributed by atoms with Gasteiger partial charge in [-0.2, -0.15) is 0 Å². The Bertz CT molecular complexity index is 69.6. The Kier molecular flexibility index (Phi) is 36.1. The standard InChI is InChI=1S/2CH2O3.GeH4.H2O/c2*2-1(3)4;;/h2*(H2,2,3,4);1H4;1H2. The zero-order valence-corrected chi connectivity index (χ0v) is 4.11. The predicted octanol–water partition coefficient (Wildman–Crippen LogP) is -1.83. The van der Waals surface area contributed by atoms with Crippen molar-refractivity contribution in [2.75, 3.05) is 0 Å². The Morgan fingerprint density at radius 3 is 0.800 bits per heavy atom. The summed E-state index contributed by atoms with van der Waals surface area (Å²) in [6.45, 7) is 0. The van der Waals surface area contributed by atoms with Crippen molar-refractivity contribution in [2.24, 2.45) is 0 Å². The van der Waals surface area contributed by atoms with E-state index in [4.69, 9.17) is 30.0 Å². The van der Waals surface area contributed by atoms with Gasteiger partial charge in [-0.05, 0) is 0 Å². The number of carboxylic acid groups (broad SMARTS) is 4. The van der Waals surface area contributed by atoms with Gasteiger partial charge in [0.2, 0.25) is 0 Å². The third-order valence-corrected chi connectivity index (χ3v) is 0. The average Bonchev–Trinajstić information content (AvgIpc) is 1.25. The molecule has 0 aromatic heterocycles. The van der Waals surface area contributed by atoms with Gasteiger partial charge in [-0.3, -0.25) is 0 Å². The van der Waals surface area contributed by atoms with E-state index in [0.29, 0.717) is 0 Å². The number of rotatable bonds is 0. The summed E-state index contributed by atoms with van der Waals surface area (Å²) in [6, 6.07) is 0. The first-order chi connectivity index (χ1) is 3.46. The summed E-state index contributed by atoms with van der Waals surface area (Å²) in [5.74, 6) is 0. The molecular formula is C2H10GeO7. The van der Waals surface area contributed by atoms with E-state index in [2.05, 4.69) is 0 Å². The minimum absolute atomic E-state index is 0. The van der Waals surface area contributed by atoms with Crippen LogP contribution in [-0.2, 0) is 0 Å². The van der Waals surface area contributed by atoms with Crippen LogP contribution >= 0.6 is 0 Å². The van der Waals surface area contributed by atoms with Crippen molar-refractivity contribution in [3.05, 3.63) is 0 Å². The van der Waals surface area contributed by atoms with Gasteiger partial charge in [0.1, 0.15) is 0 Å². The van der Waals surface area contributed by atoms with Crippen LogP contribution in [0.4, 0.5) is 9.59 Å². The normalized spacial score (nSPS) is 4.80. The Balaban J connectivity index is -0.0000000300. The van der Waals surface area contributed by atoms with Crippen LogP contribution < -0.4 is 0 Å². The van der Waals surface area contributed by atoms with Gasteiger partial charge < -0.3 is 25.9 Å². The van der Waals surface area contributed by atoms with Crippen LogP contribution in [0.5, 0.6) is 0 Å². The number of carbonyl (C=O) groups is 2. The predicted molar refractivity (Wildman–Crippen MR) is 36.3 cm³/mol. The summed E-state index contributed by atoms with van der Waals surface area (Å²) in [6.07, 6.45) is -3.67. The molecule has 0 aromatic rings. The average molecular weight is 219 g/mol. The first-order valence-corrected chi connectivity index (χ1v) is 1.30. The molecule has 8 heteroatoms. The summed E-state index contributed by atoms with van der Waals surface area (Å²) >= 11 is 0. The monoisotopic (exact) mass is 220 g/mol. The summed E-state index contributed by atoms with van der Waals surface area (Å²) in [5, 5.41) is 27.9. The maximum atomic E-state index is 8.56. The van der Waals surface area contributed by atoms with Gasteiger partial charge in [-0.15, -0.1) is 0 Å². The molecule has 0 aromatic carbocycles. The van der Waals surface area contributed by atoms with E-state index in [-0.39, 0.29) is 23.1 Å². The van der Waals surface area contributed by atoms with E-state index >= 15 is 0 Å². The van der Waals surface area contributed by atoms with Crippen LogP contribution in [0.15, 0.2) is 0 Å². The molecule has 0 aliphatic heterocycles. The fraction of sp³-hybridized carbons (Fsp3) is 0. The third-order valence-electron chi connectivity index (χ3n) is 0. The summed E-state index contributed by atoms with van der Waals surface area (Å²) < 4.78 is 0. The summed E-state index contributed by atoms with van der Waals surface area (Å²) in [5.41, 5.74) is 0. The second kappa shape index (κ2) is 15.7. The third kappa shape index (κ3) is 281. The van der Waals surface area contributed by atoms with Gasteiger partial charge in [0.15, 0.2) is 0 Å². The van der Waals surface area contributed by atoms with E-state index in [0.717, 1.165) is 0 Å². The molecule has 0 spiro atoms. The minimum atomic E-state index is -1.83. The SMILES string of the molecule is O.O=C(O)O.O=C(O)O.[GeH4]. The molecule has 0 saturated heterocycles. The Hall–Kier alpha value is -0.957.